The first-order valence-corrected chi connectivity index (χ1v) is 15.8. The van der Waals surface area contributed by atoms with E-state index in [2.05, 4.69) is 4.98 Å². The van der Waals surface area contributed by atoms with Gasteiger partial charge in [0.25, 0.3) is 10.0 Å². The summed E-state index contributed by atoms with van der Waals surface area (Å²) in [4.78, 5) is 15.9. The summed E-state index contributed by atoms with van der Waals surface area (Å²) < 4.78 is 34.4. The molecule has 0 spiro atoms. The molecule has 212 valence electrons. The summed E-state index contributed by atoms with van der Waals surface area (Å²) in [5.74, 6) is -0.128. The second-order valence-corrected chi connectivity index (χ2v) is 12.6. The fraction of sp³-hybridized carbons (Fsp3) is 0.250. The maximum absolute atomic E-state index is 13.1. The van der Waals surface area contributed by atoms with Crippen molar-refractivity contribution in [2.24, 2.45) is 0 Å². The summed E-state index contributed by atoms with van der Waals surface area (Å²) in [7, 11) is -2.33. The third kappa shape index (κ3) is 5.45. The second kappa shape index (κ2) is 12.0. The Bertz CT molecular complexity index is 1580. The van der Waals surface area contributed by atoms with Crippen LogP contribution in [0.4, 0.5) is 5.69 Å². The van der Waals surface area contributed by atoms with Crippen molar-refractivity contribution in [3.63, 3.8) is 0 Å². The Hall–Kier alpha value is -3.79. The third-order valence-corrected chi connectivity index (χ3v) is 10.1. The van der Waals surface area contributed by atoms with Crippen LogP contribution >= 0.6 is 11.3 Å². The Balaban J connectivity index is 1.58. The number of nitrogens with zero attached hydrogens (tertiary/aromatic N) is 2. The van der Waals surface area contributed by atoms with E-state index < -0.39 is 21.7 Å². The van der Waals surface area contributed by atoms with Crippen LogP contribution in [-0.4, -0.2) is 37.9 Å². The normalized spacial score (nSPS) is 17.7. The Morgan fingerprint density at radius 1 is 1.07 bits per heavy atom. The number of anilines is 1. The van der Waals surface area contributed by atoms with Crippen LogP contribution in [0.25, 0.3) is 0 Å². The molecular formula is C32H32N2O5S2. The van der Waals surface area contributed by atoms with Gasteiger partial charge in [-0.2, -0.15) is 8.42 Å². The molecule has 41 heavy (non-hydrogen) atoms. The van der Waals surface area contributed by atoms with Gasteiger partial charge in [-0.1, -0.05) is 79.7 Å². The average molecular weight is 589 g/mol. The highest BCUT2D eigenvalue weighted by molar-refractivity contribution is 7.92. The Morgan fingerprint density at radius 3 is 2.29 bits per heavy atom. The summed E-state index contributed by atoms with van der Waals surface area (Å²) in [6.07, 6.45) is 0.997. The highest BCUT2D eigenvalue weighted by Gasteiger charge is 2.46. The smallest absolute Gasteiger partial charge is 0.282 e. The van der Waals surface area contributed by atoms with Crippen LogP contribution in [0.1, 0.15) is 48.8 Å². The zero-order chi connectivity index (χ0) is 29.0. The minimum atomic E-state index is -3.83. The van der Waals surface area contributed by atoms with Gasteiger partial charge in [-0.05, 0) is 35.2 Å². The first-order valence-electron chi connectivity index (χ1n) is 13.4. The Labute approximate surface area is 244 Å². The molecule has 4 aromatic rings. The second-order valence-electron chi connectivity index (χ2n) is 10.0. The molecule has 2 atom stereocenters. The Kier molecular flexibility index (Phi) is 8.40. The number of aldehydes is 1. The molecule has 2 unspecified atom stereocenters. The number of hydrogen-bond acceptors (Lipinski definition) is 7. The van der Waals surface area contributed by atoms with E-state index in [1.54, 1.807) is 12.1 Å². The third-order valence-electron chi connectivity index (χ3n) is 7.68. The van der Waals surface area contributed by atoms with Crippen molar-refractivity contribution in [3.8, 4) is 0 Å². The van der Waals surface area contributed by atoms with E-state index in [4.69, 9.17) is 4.74 Å². The van der Waals surface area contributed by atoms with Crippen LogP contribution < -0.4 is 4.31 Å². The topological polar surface area (TPSA) is 96.8 Å². The van der Waals surface area contributed by atoms with Gasteiger partial charge < -0.3 is 14.6 Å². The minimum absolute atomic E-state index is 0.00677. The number of rotatable bonds is 10. The Morgan fingerprint density at radius 2 is 1.73 bits per heavy atom. The molecule has 1 aliphatic heterocycles. The number of sulfonamides is 1. The molecule has 7 nitrogen and oxygen atoms in total. The molecule has 0 aliphatic carbocycles. The highest BCUT2D eigenvalue weighted by Crippen LogP contribution is 2.49. The number of benzene rings is 3. The largest absolute Gasteiger partial charge is 0.512 e. The maximum atomic E-state index is 13.1. The molecule has 0 saturated carbocycles. The van der Waals surface area contributed by atoms with Gasteiger partial charge in [-0.3, -0.25) is 4.31 Å². The lowest BCUT2D eigenvalue weighted by Crippen LogP contribution is -2.42. The average Bonchev–Trinajstić information content (AvgIpc) is 3.56. The van der Waals surface area contributed by atoms with Crippen molar-refractivity contribution in [1.82, 2.24) is 4.98 Å². The molecule has 0 fully saturated rings. The molecule has 1 aliphatic rings. The summed E-state index contributed by atoms with van der Waals surface area (Å²) in [5.41, 5.74) is 4.21. The lowest BCUT2D eigenvalue weighted by Gasteiger charge is -2.44. The molecule has 5 rings (SSSR count). The first kappa shape index (κ1) is 28.7. The van der Waals surface area contributed by atoms with Gasteiger partial charge in [-0.15, -0.1) is 11.3 Å². The molecule has 9 heteroatoms. The van der Waals surface area contributed by atoms with Crippen molar-refractivity contribution in [3.05, 3.63) is 124 Å². The van der Waals surface area contributed by atoms with Crippen LogP contribution in [0.2, 0.25) is 0 Å². The fourth-order valence-electron chi connectivity index (χ4n) is 5.66. The predicted octanol–water partition coefficient (Wildman–Crippen LogP) is 6.60. The number of carbonyl (C=O) groups excluding carboxylic acids is 1. The molecule has 1 aromatic heterocycles. The van der Waals surface area contributed by atoms with Crippen LogP contribution in [0.3, 0.4) is 0 Å². The van der Waals surface area contributed by atoms with E-state index in [9.17, 15) is 18.3 Å². The molecule has 0 amide bonds. The van der Waals surface area contributed by atoms with Crippen molar-refractivity contribution < 1.29 is 23.1 Å². The van der Waals surface area contributed by atoms with Crippen molar-refractivity contribution in [1.29, 1.82) is 0 Å². The van der Waals surface area contributed by atoms with E-state index in [1.165, 1.54) is 33.6 Å². The van der Waals surface area contributed by atoms with Crippen molar-refractivity contribution in [2.45, 2.75) is 48.8 Å². The predicted molar refractivity (Wildman–Crippen MR) is 161 cm³/mol. The van der Waals surface area contributed by atoms with Crippen molar-refractivity contribution in [2.75, 3.05) is 11.4 Å². The molecule has 1 N–H and O–H groups in total. The van der Waals surface area contributed by atoms with Gasteiger partial charge in [0, 0.05) is 36.8 Å². The van der Waals surface area contributed by atoms with Crippen LogP contribution in [0, 0.1) is 0 Å². The van der Waals surface area contributed by atoms with E-state index in [-0.39, 0.29) is 29.5 Å². The lowest BCUT2D eigenvalue weighted by atomic mass is 9.75. The number of hydrogen-bond donors (Lipinski definition) is 1. The van der Waals surface area contributed by atoms with Gasteiger partial charge in [-0.25, -0.2) is 4.98 Å². The maximum Gasteiger partial charge on any atom is 0.282 e. The van der Waals surface area contributed by atoms with Crippen LogP contribution in [0.5, 0.6) is 0 Å². The van der Waals surface area contributed by atoms with E-state index in [0.29, 0.717) is 17.7 Å². The number of ether oxygens (including phenoxy) is 1. The molecule has 2 heterocycles. The molecule has 3 aromatic carbocycles. The summed E-state index contributed by atoms with van der Waals surface area (Å²) >= 11 is 1.22. The number of aliphatic hydroxyl groups is 1. The van der Waals surface area contributed by atoms with Crippen molar-refractivity contribution >= 4 is 33.3 Å². The SMILES string of the molecule is CCC(C1=C(O)CC(c2ccccc2)(c2ccccc2)OC1CC=O)c1cccc(N(C)S(=O)(=O)c2cscn2)c1. The molecule has 0 radical (unpaired) electrons. The standard InChI is InChI=1S/C32H32N2O5S2/c1-3-27(23-11-10-16-26(19-23)34(2)41(37,38)30-21-40-22-33-30)31-28(36)20-32(39-29(31)17-18-35,24-12-6-4-7-13-24)25-14-8-5-9-15-25/h4-16,18-19,21-22,27,29,36H,3,17,20H2,1-2H3. The first-order chi connectivity index (χ1) is 19.8. The number of carbonyl (C=O) groups is 1. The highest BCUT2D eigenvalue weighted by atomic mass is 32.2. The lowest BCUT2D eigenvalue weighted by molar-refractivity contribution is -0.116. The van der Waals surface area contributed by atoms with Crippen LogP contribution in [-0.2, 0) is 25.2 Å². The van der Waals surface area contributed by atoms with E-state index in [1.807, 2.05) is 79.7 Å². The van der Waals surface area contributed by atoms with E-state index >= 15 is 0 Å². The number of aliphatic hydroxyl groups excluding tert-OH is 1. The quantitative estimate of drug-likeness (QED) is 0.210. The van der Waals surface area contributed by atoms with E-state index in [0.717, 1.165) is 23.0 Å². The number of aromatic nitrogens is 1. The zero-order valence-corrected chi connectivity index (χ0v) is 24.5. The fourth-order valence-corrected chi connectivity index (χ4v) is 7.65. The number of thiazole rings is 1. The van der Waals surface area contributed by atoms with Gasteiger partial charge in [0.1, 0.15) is 11.9 Å². The van der Waals surface area contributed by atoms with Gasteiger partial charge in [0.2, 0.25) is 0 Å². The zero-order valence-electron chi connectivity index (χ0n) is 22.9. The summed E-state index contributed by atoms with van der Waals surface area (Å²) in [6, 6.07) is 26.8. The molecule has 0 saturated heterocycles. The van der Waals surface area contributed by atoms with Gasteiger partial charge >= 0.3 is 0 Å². The van der Waals surface area contributed by atoms with Gasteiger partial charge in [0.15, 0.2) is 5.03 Å². The molecular weight excluding hydrogens is 556 g/mol. The van der Waals surface area contributed by atoms with Crippen LogP contribution in [0.15, 0.2) is 112 Å². The monoisotopic (exact) mass is 588 g/mol. The summed E-state index contributed by atoms with van der Waals surface area (Å²) in [6.45, 7) is 2.00. The minimum Gasteiger partial charge on any atom is -0.512 e. The molecule has 0 bridgehead atoms. The summed E-state index contributed by atoms with van der Waals surface area (Å²) in [5, 5.41) is 13.3. The van der Waals surface area contributed by atoms with Gasteiger partial charge in [0.05, 0.1) is 23.1 Å².